The van der Waals surface area contributed by atoms with Crippen molar-refractivity contribution < 1.29 is 38.3 Å². The van der Waals surface area contributed by atoms with Gasteiger partial charge in [-0.05, 0) is 6.42 Å². The van der Waals surface area contributed by atoms with Crippen molar-refractivity contribution in [3.8, 4) is 0 Å². The summed E-state index contributed by atoms with van der Waals surface area (Å²) in [5, 5.41) is 10.6. The Morgan fingerprint density at radius 1 is 1.29 bits per heavy atom. The summed E-state index contributed by atoms with van der Waals surface area (Å²) in [5.41, 5.74) is 0. The maximum atomic E-state index is 11.5. The molecule has 0 aliphatic carbocycles. The Labute approximate surface area is 123 Å². The molecule has 9 heteroatoms. The maximum absolute atomic E-state index is 11.5. The lowest BCUT2D eigenvalue weighted by Gasteiger charge is -2.23. The number of phosphoric ester groups is 1. The van der Waals surface area contributed by atoms with Crippen LogP contribution in [0.2, 0.25) is 0 Å². The molecule has 124 valence electrons. The lowest BCUT2D eigenvalue weighted by Crippen LogP contribution is -2.29. The summed E-state index contributed by atoms with van der Waals surface area (Å²) in [6.45, 7) is 5.68. The molecule has 0 aromatic carbocycles. The van der Waals surface area contributed by atoms with E-state index in [0.29, 0.717) is 6.42 Å². The first-order chi connectivity index (χ1) is 9.74. The van der Waals surface area contributed by atoms with E-state index >= 15 is 0 Å². The molecule has 8 nitrogen and oxygen atoms in total. The second-order valence-corrected chi connectivity index (χ2v) is 5.48. The second-order valence-electron chi connectivity index (χ2n) is 4.25. The van der Waals surface area contributed by atoms with Gasteiger partial charge < -0.3 is 31.3 Å². The Hall–Kier alpha value is -1.08. The maximum Gasteiger partial charge on any atom is 0.469 e. The molecule has 0 radical (unpaired) electrons. The van der Waals surface area contributed by atoms with E-state index in [9.17, 15) is 14.5 Å². The van der Waals surface area contributed by atoms with E-state index in [0.717, 1.165) is 19.3 Å². The highest BCUT2D eigenvalue weighted by Gasteiger charge is 2.20. The minimum absolute atomic E-state index is 0.157. The Morgan fingerprint density at radius 3 is 2.48 bits per heavy atom. The zero-order valence-corrected chi connectivity index (χ0v) is 12.6. The quantitative estimate of drug-likeness (QED) is 0.176. The highest BCUT2D eigenvalue weighted by molar-refractivity contribution is 7.46. The fourth-order valence-electron chi connectivity index (χ4n) is 1.35. The molecule has 1 atom stereocenters. The zero-order valence-electron chi connectivity index (χ0n) is 11.7. The van der Waals surface area contributed by atoms with Gasteiger partial charge in [-0.15, -0.1) is 0 Å². The predicted molar refractivity (Wildman–Crippen MR) is 71.4 cm³/mol. The summed E-state index contributed by atoms with van der Waals surface area (Å²) in [6, 6.07) is 0. The summed E-state index contributed by atoms with van der Waals surface area (Å²) < 4.78 is 24.3. The third kappa shape index (κ3) is 13.7. The van der Waals surface area contributed by atoms with Gasteiger partial charge in [0.05, 0.1) is 6.61 Å². The second kappa shape index (κ2) is 10.6. The molecule has 0 spiro atoms. The molecule has 0 amide bonds. The largest absolute Gasteiger partial charge is 0.610 e. The fourth-order valence-corrected chi connectivity index (χ4v) is 1.71. The lowest BCUT2D eigenvalue weighted by molar-refractivity contribution is -0.358. The number of unbranched alkanes of at least 4 members (excludes halogenated alkanes) is 3. The van der Waals surface area contributed by atoms with Crippen molar-refractivity contribution in [3.63, 3.8) is 0 Å². The summed E-state index contributed by atoms with van der Waals surface area (Å²) in [4.78, 5) is 28.7. The van der Waals surface area contributed by atoms with E-state index in [-0.39, 0.29) is 13.0 Å². The van der Waals surface area contributed by atoms with Crippen LogP contribution in [0.5, 0.6) is 0 Å². The Balaban J connectivity index is 4.20. The van der Waals surface area contributed by atoms with Crippen molar-refractivity contribution in [1.82, 2.24) is 0 Å². The van der Waals surface area contributed by atoms with Crippen LogP contribution in [0, 0.1) is 6.92 Å². The minimum Gasteiger partial charge on any atom is -0.610 e. The van der Waals surface area contributed by atoms with E-state index in [1.165, 1.54) is 0 Å². The van der Waals surface area contributed by atoms with E-state index < -0.39 is 32.4 Å². The first kappa shape index (κ1) is 19.9. The molecule has 0 aliphatic heterocycles. The standard InChI is InChI=1S/C12H22O8P/c1-3-4-5-6-7-12(14)20-11(8-18-10(2)13)9-19-21(15,16)17/h11,13H,1-9H2,(H2,15,16,17)/q-1/p-1/t11-/m1/s1. The molecule has 0 aromatic heterocycles. The Kier molecular flexibility index (Phi) is 10.1. The average molecular weight is 324 g/mol. The van der Waals surface area contributed by atoms with Gasteiger partial charge in [-0.3, -0.25) is 9.32 Å². The van der Waals surface area contributed by atoms with Crippen molar-refractivity contribution >= 4 is 13.8 Å². The van der Waals surface area contributed by atoms with E-state index in [1.807, 2.05) is 0 Å². The average Bonchev–Trinajstić information content (AvgIpc) is 2.37. The van der Waals surface area contributed by atoms with Crippen LogP contribution in [0.25, 0.3) is 0 Å². The molecule has 0 saturated heterocycles. The van der Waals surface area contributed by atoms with Crippen LogP contribution in [-0.4, -0.2) is 35.1 Å². The highest BCUT2D eigenvalue weighted by atomic mass is 31.2. The number of hydrogen-bond donors (Lipinski definition) is 2. The van der Waals surface area contributed by atoms with Crippen LogP contribution in [-0.2, 0) is 23.4 Å². The van der Waals surface area contributed by atoms with Crippen LogP contribution in [0.15, 0.2) is 12.5 Å². The fraction of sp³-hybridized carbons (Fsp3) is 0.667. The third-order valence-corrected chi connectivity index (χ3v) is 2.77. The molecule has 0 bridgehead atoms. The lowest BCUT2D eigenvalue weighted by atomic mass is 10.1. The molecule has 0 rings (SSSR count). The van der Waals surface area contributed by atoms with Crippen LogP contribution < -0.4 is 5.11 Å². The third-order valence-electron chi connectivity index (χ3n) is 2.29. The minimum atomic E-state index is -4.69. The van der Waals surface area contributed by atoms with Crippen molar-refractivity contribution in [1.29, 1.82) is 0 Å². The molecule has 2 N–H and O–H groups in total. The van der Waals surface area contributed by atoms with Crippen molar-refractivity contribution in [2.75, 3.05) is 13.2 Å². The van der Waals surface area contributed by atoms with Crippen molar-refractivity contribution in [3.05, 3.63) is 19.4 Å². The van der Waals surface area contributed by atoms with Crippen LogP contribution in [0.4, 0.5) is 0 Å². The van der Waals surface area contributed by atoms with E-state index in [2.05, 4.69) is 22.8 Å². The molecule has 0 saturated carbocycles. The molecule has 0 fully saturated rings. The van der Waals surface area contributed by atoms with Gasteiger partial charge in [0.25, 0.3) is 0 Å². The first-order valence-corrected chi connectivity index (χ1v) is 7.95. The zero-order chi connectivity index (χ0) is 16.3. The monoisotopic (exact) mass is 324 g/mol. The van der Waals surface area contributed by atoms with Crippen LogP contribution in [0.3, 0.4) is 0 Å². The SMILES string of the molecule is C=C([O-])OC[C@H](COP(=O)(O)O)OC(=O)CCCCC[CH2-]. The van der Waals surface area contributed by atoms with Gasteiger partial charge >= 0.3 is 13.8 Å². The number of esters is 1. The van der Waals surface area contributed by atoms with Crippen LogP contribution >= 0.6 is 7.82 Å². The molecule has 0 unspecified atom stereocenters. The summed E-state index contributed by atoms with van der Waals surface area (Å²) in [6.07, 6.45) is 2.20. The summed E-state index contributed by atoms with van der Waals surface area (Å²) in [5.74, 6) is -1.40. The van der Waals surface area contributed by atoms with Crippen molar-refractivity contribution in [2.45, 2.75) is 38.2 Å². The number of phosphoric acid groups is 1. The highest BCUT2D eigenvalue weighted by Crippen LogP contribution is 2.35. The van der Waals surface area contributed by atoms with Gasteiger partial charge in [-0.1, -0.05) is 19.4 Å². The molecular formula is C12H21O8P-2. The van der Waals surface area contributed by atoms with Crippen LogP contribution in [0.1, 0.15) is 32.1 Å². The van der Waals surface area contributed by atoms with Gasteiger partial charge in [-0.25, -0.2) is 4.57 Å². The summed E-state index contributed by atoms with van der Waals surface area (Å²) >= 11 is 0. The first-order valence-electron chi connectivity index (χ1n) is 6.42. The molecule has 0 aromatic rings. The van der Waals surface area contributed by atoms with Gasteiger partial charge in [-0.2, -0.15) is 6.42 Å². The number of ether oxygens (including phenoxy) is 2. The van der Waals surface area contributed by atoms with E-state index in [4.69, 9.17) is 14.5 Å². The molecule has 21 heavy (non-hydrogen) atoms. The van der Waals surface area contributed by atoms with Gasteiger partial charge in [0.2, 0.25) is 0 Å². The smallest absolute Gasteiger partial charge is 0.469 e. The van der Waals surface area contributed by atoms with Gasteiger partial charge in [0.1, 0.15) is 6.10 Å². The number of carbonyl (C=O) groups is 1. The molecule has 0 aliphatic rings. The van der Waals surface area contributed by atoms with Gasteiger partial charge in [0, 0.05) is 19.0 Å². The normalized spacial score (nSPS) is 12.7. The Morgan fingerprint density at radius 2 is 1.95 bits per heavy atom. The number of hydrogen-bond acceptors (Lipinski definition) is 6. The topological polar surface area (TPSA) is 125 Å². The molecular weight excluding hydrogens is 303 g/mol. The van der Waals surface area contributed by atoms with Gasteiger partial charge in [0.15, 0.2) is 0 Å². The van der Waals surface area contributed by atoms with Crippen molar-refractivity contribution in [2.24, 2.45) is 0 Å². The predicted octanol–water partition coefficient (Wildman–Crippen LogP) is 0.640. The number of carbonyl (C=O) groups excluding carboxylic acids is 1. The van der Waals surface area contributed by atoms with E-state index in [1.54, 1.807) is 0 Å². The summed E-state index contributed by atoms with van der Waals surface area (Å²) in [7, 11) is -4.69. The Bertz CT molecular complexity index is 364. The molecule has 0 heterocycles. The number of rotatable bonds is 12.